The van der Waals surface area contributed by atoms with E-state index in [-0.39, 0.29) is 18.9 Å². The number of hydrogen-bond acceptors (Lipinski definition) is 6. The molecule has 1 aromatic heterocycles. The second kappa shape index (κ2) is 8.64. The molecule has 0 aliphatic heterocycles. The van der Waals surface area contributed by atoms with Crippen LogP contribution < -0.4 is 10.1 Å². The van der Waals surface area contributed by atoms with Gasteiger partial charge in [0.25, 0.3) is 0 Å². The molecule has 140 valence electrons. The molecule has 1 N–H and O–H groups in total. The fraction of sp³-hybridized carbons (Fsp3) is 0.250. The number of hydrogen-bond donors (Lipinski definition) is 1. The first-order valence-electron chi connectivity index (χ1n) is 8.46. The van der Waals surface area contributed by atoms with Crippen molar-refractivity contribution in [3.63, 3.8) is 0 Å². The molecule has 0 spiro atoms. The Hall–Kier alpha value is -2.93. The van der Waals surface area contributed by atoms with Crippen LogP contribution in [0.5, 0.6) is 5.75 Å². The fourth-order valence-corrected chi connectivity index (χ4v) is 3.56. The summed E-state index contributed by atoms with van der Waals surface area (Å²) in [6.45, 7) is 1.54. The van der Waals surface area contributed by atoms with E-state index in [0.29, 0.717) is 5.75 Å². The number of nitrogens with one attached hydrogen (secondary N) is 1. The zero-order chi connectivity index (χ0) is 19.2. The third-order valence-corrected chi connectivity index (χ3v) is 4.97. The van der Waals surface area contributed by atoms with E-state index in [1.807, 2.05) is 36.4 Å². The number of methoxy groups -OCH3 is 1. The average Bonchev–Trinajstić information content (AvgIpc) is 3.08. The number of rotatable bonds is 7. The van der Waals surface area contributed by atoms with Gasteiger partial charge in [-0.1, -0.05) is 24.3 Å². The highest BCUT2D eigenvalue weighted by molar-refractivity contribution is 7.18. The standard InChI is InChI=1S/C20H20N2O4S/c1-13(23)21-17(14-7-9-15(25-2)10-8-14)11-20(24)26-12-19-22-16-5-3-4-6-18(16)27-19/h3-10,17H,11-12H2,1-2H3,(H,21,23). The van der Waals surface area contributed by atoms with Crippen molar-refractivity contribution in [3.05, 3.63) is 59.1 Å². The number of ether oxygens (including phenoxy) is 2. The molecule has 0 bridgehead atoms. The van der Waals surface area contributed by atoms with Crippen molar-refractivity contribution in [1.29, 1.82) is 0 Å². The first kappa shape index (κ1) is 18.8. The van der Waals surface area contributed by atoms with Gasteiger partial charge in [-0.05, 0) is 29.8 Å². The normalized spacial score (nSPS) is 11.8. The highest BCUT2D eigenvalue weighted by atomic mass is 32.1. The van der Waals surface area contributed by atoms with Crippen LogP contribution in [0.25, 0.3) is 10.2 Å². The van der Waals surface area contributed by atoms with Gasteiger partial charge in [0.05, 0.1) is 29.8 Å². The lowest BCUT2D eigenvalue weighted by atomic mass is 10.0. The Morgan fingerprint density at radius 3 is 2.56 bits per heavy atom. The third-order valence-electron chi connectivity index (χ3n) is 3.96. The van der Waals surface area contributed by atoms with Gasteiger partial charge in [0.2, 0.25) is 5.91 Å². The number of nitrogens with zero attached hydrogens (tertiary/aromatic N) is 1. The fourth-order valence-electron chi connectivity index (χ4n) is 2.68. The van der Waals surface area contributed by atoms with Gasteiger partial charge in [-0.25, -0.2) is 4.98 Å². The Bertz CT molecular complexity index is 904. The van der Waals surface area contributed by atoms with E-state index in [2.05, 4.69) is 10.3 Å². The Kier molecular flexibility index (Phi) is 6.03. The molecule has 1 atom stereocenters. The van der Waals surface area contributed by atoms with E-state index < -0.39 is 12.0 Å². The summed E-state index contributed by atoms with van der Waals surface area (Å²) in [7, 11) is 1.58. The van der Waals surface area contributed by atoms with E-state index >= 15 is 0 Å². The quantitative estimate of drug-likeness (QED) is 0.630. The number of esters is 1. The molecule has 2 aromatic carbocycles. The number of aromatic nitrogens is 1. The van der Waals surface area contributed by atoms with E-state index in [4.69, 9.17) is 9.47 Å². The molecule has 27 heavy (non-hydrogen) atoms. The van der Waals surface area contributed by atoms with Crippen LogP contribution in [0.3, 0.4) is 0 Å². The number of benzene rings is 2. The number of para-hydroxylation sites is 1. The predicted molar refractivity (Wildman–Crippen MR) is 104 cm³/mol. The Morgan fingerprint density at radius 1 is 1.15 bits per heavy atom. The molecule has 3 rings (SSSR count). The minimum atomic E-state index is -0.462. The lowest BCUT2D eigenvalue weighted by Gasteiger charge is -2.18. The minimum Gasteiger partial charge on any atom is -0.497 e. The molecule has 0 fully saturated rings. The molecule has 0 aliphatic carbocycles. The molecule has 1 unspecified atom stereocenters. The van der Waals surface area contributed by atoms with Gasteiger partial charge < -0.3 is 14.8 Å². The van der Waals surface area contributed by atoms with Crippen molar-refractivity contribution in [1.82, 2.24) is 10.3 Å². The third kappa shape index (κ3) is 5.04. The zero-order valence-corrected chi connectivity index (χ0v) is 15.9. The second-order valence-electron chi connectivity index (χ2n) is 5.97. The Morgan fingerprint density at radius 2 is 1.89 bits per heavy atom. The van der Waals surface area contributed by atoms with E-state index in [1.165, 1.54) is 18.3 Å². The average molecular weight is 384 g/mol. The topological polar surface area (TPSA) is 77.5 Å². The molecule has 0 aliphatic rings. The molecule has 3 aromatic rings. The number of fused-ring (bicyclic) bond motifs is 1. The zero-order valence-electron chi connectivity index (χ0n) is 15.1. The van der Waals surface area contributed by atoms with Crippen molar-refractivity contribution in [2.24, 2.45) is 0 Å². The lowest BCUT2D eigenvalue weighted by molar-refractivity contribution is -0.145. The van der Waals surface area contributed by atoms with Crippen molar-refractivity contribution in [2.75, 3.05) is 7.11 Å². The first-order valence-corrected chi connectivity index (χ1v) is 9.28. The van der Waals surface area contributed by atoms with Gasteiger partial charge in [0.1, 0.15) is 17.4 Å². The summed E-state index contributed by atoms with van der Waals surface area (Å²) < 4.78 is 11.6. The van der Waals surface area contributed by atoms with E-state index in [9.17, 15) is 9.59 Å². The maximum atomic E-state index is 12.3. The van der Waals surface area contributed by atoms with Crippen LogP contribution in [0.2, 0.25) is 0 Å². The monoisotopic (exact) mass is 384 g/mol. The van der Waals surface area contributed by atoms with Gasteiger partial charge in [-0.15, -0.1) is 11.3 Å². The molecule has 0 radical (unpaired) electrons. The van der Waals surface area contributed by atoms with E-state index in [0.717, 1.165) is 20.8 Å². The largest absolute Gasteiger partial charge is 0.497 e. The van der Waals surface area contributed by atoms with E-state index in [1.54, 1.807) is 19.2 Å². The van der Waals surface area contributed by atoms with Crippen LogP contribution in [-0.2, 0) is 20.9 Å². The van der Waals surface area contributed by atoms with Crippen LogP contribution in [0.1, 0.15) is 30.0 Å². The number of thiazole rings is 1. The summed E-state index contributed by atoms with van der Waals surface area (Å²) in [6.07, 6.45) is 0.0385. The summed E-state index contributed by atoms with van der Waals surface area (Å²) in [5.41, 5.74) is 1.70. The molecule has 6 nitrogen and oxygen atoms in total. The van der Waals surface area contributed by atoms with Crippen molar-refractivity contribution in [3.8, 4) is 5.75 Å². The maximum Gasteiger partial charge on any atom is 0.308 e. The smallest absolute Gasteiger partial charge is 0.308 e. The van der Waals surface area contributed by atoms with Crippen molar-refractivity contribution >= 4 is 33.4 Å². The highest BCUT2D eigenvalue weighted by Gasteiger charge is 2.19. The van der Waals surface area contributed by atoms with Gasteiger partial charge in [-0.2, -0.15) is 0 Å². The summed E-state index contributed by atoms with van der Waals surface area (Å²) in [4.78, 5) is 28.3. The number of amides is 1. The summed E-state index contributed by atoms with van der Waals surface area (Å²) in [6, 6.07) is 14.5. The van der Waals surface area contributed by atoms with Gasteiger partial charge in [0.15, 0.2) is 0 Å². The molecule has 1 heterocycles. The predicted octanol–water partition coefficient (Wildman–Crippen LogP) is 3.62. The first-order chi connectivity index (χ1) is 13.0. The maximum absolute atomic E-state index is 12.3. The highest BCUT2D eigenvalue weighted by Crippen LogP contribution is 2.23. The van der Waals surface area contributed by atoms with Crippen LogP contribution in [0.4, 0.5) is 0 Å². The molecule has 0 saturated carbocycles. The minimum absolute atomic E-state index is 0.0385. The number of carbonyl (C=O) groups is 2. The summed E-state index contributed by atoms with van der Waals surface area (Å²) in [5.74, 6) is 0.0948. The Labute approximate surface area is 161 Å². The van der Waals surface area contributed by atoms with Gasteiger partial charge >= 0.3 is 5.97 Å². The van der Waals surface area contributed by atoms with Crippen LogP contribution in [-0.4, -0.2) is 24.0 Å². The second-order valence-corrected chi connectivity index (χ2v) is 7.08. The lowest BCUT2D eigenvalue weighted by Crippen LogP contribution is -2.28. The summed E-state index contributed by atoms with van der Waals surface area (Å²) >= 11 is 1.50. The number of carbonyl (C=O) groups excluding carboxylic acids is 2. The SMILES string of the molecule is COc1ccc(C(CC(=O)OCc2nc3ccccc3s2)NC(C)=O)cc1. The molecular weight excluding hydrogens is 364 g/mol. The Balaban J connectivity index is 1.63. The molecule has 1 amide bonds. The van der Waals surface area contributed by atoms with Crippen LogP contribution >= 0.6 is 11.3 Å². The molecular formula is C20H20N2O4S. The van der Waals surface area contributed by atoms with Crippen LogP contribution in [0, 0.1) is 0 Å². The molecule has 0 saturated heterocycles. The van der Waals surface area contributed by atoms with Crippen molar-refractivity contribution < 1.29 is 19.1 Å². The van der Waals surface area contributed by atoms with Crippen LogP contribution in [0.15, 0.2) is 48.5 Å². The van der Waals surface area contributed by atoms with Crippen molar-refractivity contribution in [2.45, 2.75) is 26.0 Å². The molecule has 7 heteroatoms. The summed E-state index contributed by atoms with van der Waals surface area (Å²) in [5, 5.41) is 3.53. The van der Waals surface area contributed by atoms with Gasteiger partial charge in [0, 0.05) is 6.92 Å². The van der Waals surface area contributed by atoms with Gasteiger partial charge in [-0.3, -0.25) is 9.59 Å².